The van der Waals surface area contributed by atoms with Crippen molar-refractivity contribution in [2.75, 3.05) is 13.7 Å². The number of carbonyl (C=O) groups is 1. The predicted molar refractivity (Wildman–Crippen MR) is 75.3 cm³/mol. The number of carbonyl (C=O) groups excluding carboxylic acids is 1. The number of rotatable bonds is 5. The molecule has 6 nitrogen and oxygen atoms in total. The van der Waals surface area contributed by atoms with Gasteiger partial charge in [0.25, 0.3) is 0 Å². The Kier molecular flexibility index (Phi) is 4.70. The van der Waals surface area contributed by atoms with Crippen LogP contribution in [0.5, 0.6) is 0 Å². The van der Waals surface area contributed by atoms with Crippen LogP contribution in [0, 0.1) is 0 Å². The quantitative estimate of drug-likeness (QED) is 0.883. The molecule has 0 radical (unpaired) electrons. The highest BCUT2D eigenvalue weighted by atomic mass is 35.5. The first-order valence-corrected chi connectivity index (χ1v) is 6.44. The van der Waals surface area contributed by atoms with Gasteiger partial charge < -0.3 is 10.1 Å². The van der Waals surface area contributed by atoms with Gasteiger partial charge in [0.15, 0.2) is 5.82 Å². The molecule has 0 spiro atoms. The summed E-state index contributed by atoms with van der Waals surface area (Å²) in [5.74, 6) is 0.938. The van der Waals surface area contributed by atoms with Crippen molar-refractivity contribution in [1.29, 1.82) is 0 Å². The average molecular weight is 295 g/mol. The largest absolute Gasteiger partial charge is 0.375 e. The number of hydrogen-bond donors (Lipinski definition) is 2. The Morgan fingerprint density at radius 2 is 2.15 bits per heavy atom. The maximum Gasteiger partial charge on any atom is 0.246 e. The first kappa shape index (κ1) is 14.5. The number of nitrogens with one attached hydrogen (secondary N) is 2. The highest BCUT2D eigenvalue weighted by Gasteiger charge is 2.14. The van der Waals surface area contributed by atoms with Crippen LogP contribution in [0.25, 0.3) is 11.4 Å². The maximum absolute atomic E-state index is 11.4. The predicted octanol–water partition coefficient (Wildman–Crippen LogP) is 1.95. The van der Waals surface area contributed by atoms with Crippen molar-refractivity contribution in [3.05, 3.63) is 35.1 Å². The number of halogens is 1. The number of nitrogens with zero attached hydrogens (tertiary/aromatic N) is 2. The smallest absolute Gasteiger partial charge is 0.246 e. The average Bonchev–Trinajstić information content (AvgIpc) is 2.89. The van der Waals surface area contributed by atoms with E-state index < -0.39 is 0 Å². The van der Waals surface area contributed by atoms with Crippen LogP contribution in [0.4, 0.5) is 0 Å². The second kappa shape index (κ2) is 6.49. The van der Waals surface area contributed by atoms with Gasteiger partial charge in [-0.3, -0.25) is 9.89 Å². The number of benzene rings is 1. The van der Waals surface area contributed by atoms with E-state index in [0.29, 0.717) is 16.7 Å². The summed E-state index contributed by atoms with van der Waals surface area (Å²) in [6.07, 6.45) is 0. The summed E-state index contributed by atoms with van der Waals surface area (Å²) in [7, 11) is 1.47. The molecule has 2 rings (SSSR count). The Morgan fingerprint density at radius 1 is 1.45 bits per heavy atom. The Bertz CT molecular complexity index is 582. The van der Waals surface area contributed by atoms with Crippen molar-refractivity contribution >= 4 is 17.5 Å². The van der Waals surface area contributed by atoms with Crippen molar-refractivity contribution in [2.24, 2.45) is 0 Å². The number of hydrogen-bond acceptors (Lipinski definition) is 4. The lowest BCUT2D eigenvalue weighted by Crippen LogP contribution is -2.30. The van der Waals surface area contributed by atoms with Crippen molar-refractivity contribution in [3.8, 4) is 11.4 Å². The third kappa shape index (κ3) is 3.55. The van der Waals surface area contributed by atoms with Crippen LogP contribution in [-0.4, -0.2) is 34.8 Å². The van der Waals surface area contributed by atoms with E-state index in [1.54, 1.807) is 12.1 Å². The van der Waals surface area contributed by atoms with Gasteiger partial charge in [0, 0.05) is 17.7 Å². The molecule has 1 aromatic heterocycles. The maximum atomic E-state index is 11.4. The lowest BCUT2D eigenvalue weighted by Gasteiger charge is -2.09. The number of ether oxygens (including phenoxy) is 1. The molecule has 0 saturated carbocycles. The van der Waals surface area contributed by atoms with Crippen molar-refractivity contribution < 1.29 is 9.53 Å². The number of aromatic nitrogens is 3. The van der Waals surface area contributed by atoms with Gasteiger partial charge in [0.1, 0.15) is 12.4 Å². The van der Waals surface area contributed by atoms with Crippen LogP contribution in [0.1, 0.15) is 18.8 Å². The van der Waals surface area contributed by atoms with Gasteiger partial charge in [0.2, 0.25) is 5.91 Å². The van der Waals surface area contributed by atoms with E-state index in [4.69, 9.17) is 16.3 Å². The fourth-order valence-electron chi connectivity index (χ4n) is 1.68. The molecule has 0 aliphatic carbocycles. The zero-order valence-electron chi connectivity index (χ0n) is 11.2. The standard InChI is InChI=1S/C13H15ClN4O2/c1-8(15-11(19)7-20-2)12-16-13(18-17-12)9-3-5-10(14)6-4-9/h3-6,8H,7H2,1-2H3,(H,15,19)(H,16,17,18). The van der Waals surface area contributed by atoms with Gasteiger partial charge >= 0.3 is 0 Å². The van der Waals surface area contributed by atoms with Crippen LogP contribution in [0.3, 0.4) is 0 Å². The van der Waals surface area contributed by atoms with Crippen LogP contribution >= 0.6 is 11.6 Å². The summed E-state index contributed by atoms with van der Waals surface area (Å²) in [4.78, 5) is 15.8. The lowest BCUT2D eigenvalue weighted by atomic mass is 10.2. The molecule has 2 N–H and O–H groups in total. The first-order valence-electron chi connectivity index (χ1n) is 6.06. The van der Waals surface area contributed by atoms with Gasteiger partial charge in [-0.2, -0.15) is 5.10 Å². The van der Waals surface area contributed by atoms with Gasteiger partial charge in [-0.1, -0.05) is 11.6 Å². The zero-order chi connectivity index (χ0) is 14.5. The fourth-order valence-corrected chi connectivity index (χ4v) is 1.80. The summed E-state index contributed by atoms with van der Waals surface area (Å²) < 4.78 is 4.76. The molecule has 1 unspecified atom stereocenters. The molecule has 1 amide bonds. The van der Waals surface area contributed by atoms with E-state index in [0.717, 1.165) is 5.56 Å². The van der Waals surface area contributed by atoms with Gasteiger partial charge in [-0.05, 0) is 31.2 Å². The van der Waals surface area contributed by atoms with Gasteiger partial charge in [-0.15, -0.1) is 0 Å². The molecular formula is C13H15ClN4O2. The van der Waals surface area contributed by atoms with Crippen LogP contribution < -0.4 is 5.32 Å². The molecule has 1 aromatic carbocycles. The van der Waals surface area contributed by atoms with E-state index in [-0.39, 0.29) is 18.6 Å². The minimum absolute atomic E-state index is 0.0164. The molecule has 0 aliphatic heterocycles. The number of H-pyrrole nitrogens is 1. The SMILES string of the molecule is COCC(=O)NC(C)c1nc(-c2ccc(Cl)cc2)n[nH]1. The van der Waals surface area contributed by atoms with E-state index in [2.05, 4.69) is 20.5 Å². The normalized spacial score (nSPS) is 12.2. The molecule has 1 heterocycles. The van der Waals surface area contributed by atoms with Crippen molar-refractivity contribution in [3.63, 3.8) is 0 Å². The number of aromatic amines is 1. The highest BCUT2D eigenvalue weighted by Crippen LogP contribution is 2.19. The Morgan fingerprint density at radius 3 is 2.80 bits per heavy atom. The summed E-state index contributed by atoms with van der Waals surface area (Å²) in [5, 5.41) is 10.4. The van der Waals surface area contributed by atoms with E-state index in [1.807, 2.05) is 19.1 Å². The number of amides is 1. The molecule has 2 aromatic rings. The highest BCUT2D eigenvalue weighted by molar-refractivity contribution is 6.30. The second-order valence-electron chi connectivity index (χ2n) is 4.27. The molecule has 20 heavy (non-hydrogen) atoms. The molecule has 0 bridgehead atoms. The zero-order valence-corrected chi connectivity index (χ0v) is 11.9. The van der Waals surface area contributed by atoms with Crippen molar-refractivity contribution in [1.82, 2.24) is 20.5 Å². The molecule has 1 atom stereocenters. The topological polar surface area (TPSA) is 79.9 Å². The third-order valence-corrected chi connectivity index (χ3v) is 2.92. The number of methoxy groups -OCH3 is 1. The van der Waals surface area contributed by atoms with Crippen LogP contribution in [0.15, 0.2) is 24.3 Å². The second-order valence-corrected chi connectivity index (χ2v) is 4.71. The summed E-state index contributed by atoms with van der Waals surface area (Å²) in [5.41, 5.74) is 0.854. The van der Waals surface area contributed by atoms with E-state index in [1.165, 1.54) is 7.11 Å². The van der Waals surface area contributed by atoms with E-state index in [9.17, 15) is 4.79 Å². The first-order chi connectivity index (χ1) is 9.60. The molecule has 106 valence electrons. The monoisotopic (exact) mass is 294 g/mol. The summed E-state index contributed by atoms with van der Waals surface area (Å²) >= 11 is 5.83. The third-order valence-electron chi connectivity index (χ3n) is 2.67. The summed E-state index contributed by atoms with van der Waals surface area (Å²) in [6.45, 7) is 1.84. The van der Waals surface area contributed by atoms with Crippen molar-refractivity contribution in [2.45, 2.75) is 13.0 Å². The Labute approximate surface area is 121 Å². The fraction of sp³-hybridized carbons (Fsp3) is 0.308. The minimum Gasteiger partial charge on any atom is -0.375 e. The van der Waals surface area contributed by atoms with E-state index >= 15 is 0 Å². The Hall–Kier alpha value is -1.92. The molecule has 0 fully saturated rings. The molecule has 0 saturated heterocycles. The molecular weight excluding hydrogens is 280 g/mol. The molecule has 7 heteroatoms. The van der Waals surface area contributed by atoms with Gasteiger partial charge in [0.05, 0.1) is 6.04 Å². The van der Waals surface area contributed by atoms with Crippen LogP contribution in [0.2, 0.25) is 5.02 Å². The van der Waals surface area contributed by atoms with Crippen LogP contribution in [-0.2, 0) is 9.53 Å². The lowest BCUT2D eigenvalue weighted by molar-refractivity contribution is -0.125. The minimum atomic E-state index is -0.272. The summed E-state index contributed by atoms with van der Waals surface area (Å²) in [6, 6.07) is 6.95. The molecule has 0 aliphatic rings. The van der Waals surface area contributed by atoms with Gasteiger partial charge in [-0.25, -0.2) is 4.98 Å². The Balaban J connectivity index is 2.08.